The Morgan fingerprint density at radius 3 is 2.85 bits per heavy atom. The van der Waals surface area contributed by atoms with Crippen molar-refractivity contribution in [2.75, 3.05) is 0 Å². The Kier molecular flexibility index (Phi) is 4.54. The topological polar surface area (TPSA) is 54.7 Å². The molecule has 1 aromatic heterocycles. The van der Waals surface area contributed by atoms with Gasteiger partial charge in [-0.1, -0.05) is 19.4 Å². The number of benzene rings is 1. The van der Waals surface area contributed by atoms with Gasteiger partial charge in [-0.2, -0.15) is 5.26 Å². The average molecular weight is 271 g/mol. The van der Waals surface area contributed by atoms with Crippen LogP contribution in [0.5, 0.6) is 0 Å². The minimum absolute atomic E-state index is 0.0343. The first-order chi connectivity index (χ1) is 9.63. The summed E-state index contributed by atoms with van der Waals surface area (Å²) in [6.07, 6.45) is 5.84. The predicted molar refractivity (Wildman–Crippen MR) is 76.5 cm³/mol. The predicted octanol–water partition coefficient (Wildman–Crippen LogP) is 3.35. The van der Waals surface area contributed by atoms with Gasteiger partial charge in [0.15, 0.2) is 0 Å². The van der Waals surface area contributed by atoms with E-state index in [-0.39, 0.29) is 11.9 Å². The van der Waals surface area contributed by atoms with Crippen LogP contribution in [0.15, 0.2) is 36.7 Å². The molecule has 1 heterocycles. The summed E-state index contributed by atoms with van der Waals surface area (Å²) >= 11 is 0. The molecule has 0 aliphatic carbocycles. The summed E-state index contributed by atoms with van der Waals surface area (Å²) in [4.78, 5) is 0. The maximum Gasteiger partial charge on any atom is 0.129 e. The van der Waals surface area contributed by atoms with Gasteiger partial charge in [-0.3, -0.25) is 0 Å². The van der Waals surface area contributed by atoms with Crippen molar-refractivity contribution in [3.63, 3.8) is 0 Å². The minimum Gasteiger partial charge on any atom is -0.349 e. The van der Waals surface area contributed by atoms with Gasteiger partial charge in [-0.15, -0.1) is 0 Å². The van der Waals surface area contributed by atoms with Gasteiger partial charge in [-0.05, 0) is 30.2 Å². The van der Waals surface area contributed by atoms with Crippen molar-refractivity contribution >= 4 is 0 Å². The number of hydrogen-bond acceptors (Lipinski definition) is 2. The van der Waals surface area contributed by atoms with Crippen LogP contribution in [0, 0.1) is 17.1 Å². The van der Waals surface area contributed by atoms with E-state index in [0.29, 0.717) is 17.7 Å². The lowest BCUT2D eigenvalue weighted by atomic mass is 10.1. The van der Waals surface area contributed by atoms with E-state index in [2.05, 4.69) is 6.92 Å². The molecular formula is C16H18FN3. The summed E-state index contributed by atoms with van der Waals surface area (Å²) in [5.41, 5.74) is 8.03. The van der Waals surface area contributed by atoms with Gasteiger partial charge in [0.05, 0.1) is 11.6 Å². The molecule has 1 unspecified atom stereocenters. The molecule has 1 aromatic carbocycles. The fourth-order valence-corrected chi connectivity index (χ4v) is 2.20. The van der Waals surface area contributed by atoms with E-state index >= 15 is 0 Å². The Hall–Kier alpha value is -2.12. The molecule has 104 valence electrons. The van der Waals surface area contributed by atoms with Crippen LogP contribution in [0.2, 0.25) is 0 Å². The SMILES string of the molecule is CCCC(N)c1ccn(Cc2ccc(C#N)cc2F)c1. The molecule has 2 N–H and O–H groups in total. The number of halogens is 1. The van der Waals surface area contributed by atoms with Crippen molar-refractivity contribution in [1.29, 1.82) is 5.26 Å². The smallest absolute Gasteiger partial charge is 0.129 e. The lowest BCUT2D eigenvalue weighted by Crippen LogP contribution is -2.09. The van der Waals surface area contributed by atoms with Crippen molar-refractivity contribution in [2.45, 2.75) is 32.4 Å². The number of nitrogens with zero attached hydrogens (tertiary/aromatic N) is 2. The zero-order chi connectivity index (χ0) is 14.5. The van der Waals surface area contributed by atoms with Crippen LogP contribution in [0.1, 0.15) is 42.5 Å². The summed E-state index contributed by atoms with van der Waals surface area (Å²) < 4.78 is 15.7. The molecule has 2 aromatic rings. The molecule has 0 aliphatic rings. The first-order valence-electron chi connectivity index (χ1n) is 6.73. The second-order valence-electron chi connectivity index (χ2n) is 4.93. The first kappa shape index (κ1) is 14.3. The molecule has 0 spiro atoms. The number of hydrogen-bond donors (Lipinski definition) is 1. The first-order valence-corrected chi connectivity index (χ1v) is 6.73. The normalized spacial score (nSPS) is 12.1. The van der Waals surface area contributed by atoms with Crippen molar-refractivity contribution in [1.82, 2.24) is 4.57 Å². The largest absolute Gasteiger partial charge is 0.349 e. The van der Waals surface area contributed by atoms with Crippen molar-refractivity contribution in [3.05, 3.63) is 59.2 Å². The fraction of sp³-hybridized carbons (Fsp3) is 0.312. The van der Waals surface area contributed by atoms with Crippen molar-refractivity contribution < 1.29 is 4.39 Å². The Labute approximate surface area is 118 Å². The molecule has 0 saturated heterocycles. The van der Waals surface area contributed by atoms with E-state index in [1.807, 2.05) is 29.1 Å². The fourth-order valence-electron chi connectivity index (χ4n) is 2.20. The molecule has 0 saturated carbocycles. The molecule has 0 radical (unpaired) electrons. The van der Waals surface area contributed by atoms with Gasteiger partial charge in [-0.25, -0.2) is 4.39 Å². The number of nitriles is 1. The second-order valence-corrected chi connectivity index (χ2v) is 4.93. The van der Waals surface area contributed by atoms with E-state index in [1.54, 1.807) is 12.1 Å². The molecule has 0 bridgehead atoms. The molecular weight excluding hydrogens is 253 g/mol. The van der Waals surface area contributed by atoms with Crippen LogP contribution < -0.4 is 5.73 Å². The lowest BCUT2D eigenvalue weighted by Gasteiger charge is -2.08. The summed E-state index contributed by atoms with van der Waals surface area (Å²) in [5.74, 6) is -0.350. The summed E-state index contributed by atoms with van der Waals surface area (Å²) in [6, 6.07) is 8.49. The Morgan fingerprint density at radius 2 is 2.20 bits per heavy atom. The van der Waals surface area contributed by atoms with E-state index in [0.717, 1.165) is 18.4 Å². The van der Waals surface area contributed by atoms with Gasteiger partial charge >= 0.3 is 0 Å². The van der Waals surface area contributed by atoms with Gasteiger partial charge in [0.2, 0.25) is 0 Å². The van der Waals surface area contributed by atoms with Gasteiger partial charge in [0.25, 0.3) is 0 Å². The number of aromatic nitrogens is 1. The highest BCUT2D eigenvalue weighted by atomic mass is 19.1. The maximum absolute atomic E-state index is 13.8. The van der Waals surface area contributed by atoms with E-state index in [9.17, 15) is 4.39 Å². The third-order valence-corrected chi connectivity index (χ3v) is 3.34. The van der Waals surface area contributed by atoms with Crippen LogP contribution in [0.4, 0.5) is 4.39 Å². The summed E-state index contributed by atoms with van der Waals surface area (Å²) in [6.45, 7) is 2.54. The quantitative estimate of drug-likeness (QED) is 0.906. The Bertz CT molecular complexity index is 625. The molecule has 1 atom stereocenters. The lowest BCUT2D eigenvalue weighted by molar-refractivity contribution is 0.598. The molecule has 0 amide bonds. The van der Waals surface area contributed by atoms with E-state index < -0.39 is 0 Å². The monoisotopic (exact) mass is 271 g/mol. The van der Waals surface area contributed by atoms with Crippen LogP contribution in [0.25, 0.3) is 0 Å². The number of rotatable bonds is 5. The minimum atomic E-state index is -0.350. The van der Waals surface area contributed by atoms with Gasteiger partial charge in [0.1, 0.15) is 5.82 Å². The van der Waals surface area contributed by atoms with Crippen molar-refractivity contribution in [2.24, 2.45) is 5.73 Å². The van der Waals surface area contributed by atoms with E-state index in [4.69, 9.17) is 11.0 Å². The zero-order valence-electron chi connectivity index (χ0n) is 11.5. The van der Waals surface area contributed by atoms with E-state index in [1.165, 1.54) is 6.07 Å². The Morgan fingerprint density at radius 1 is 1.40 bits per heavy atom. The van der Waals surface area contributed by atoms with Crippen LogP contribution in [0.3, 0.4) is 0 Å². The average Bonchev–Trinajstić information content (AvgIpc) is 2.90. The molecule has 2 rings (SSSR count). The van der Waals surface area contributed by atoms with Gasteiger partial charge < -0.3 is 10.3 Å². The molecule has 4 heteroatoms. The third-order valence-electron chi connectivity index (χ3n) is 3.34. The van der Waals surface area contributed by atoms with Crippen LogP contribution in [-0.4, -0.2) is 4.57 Å². The molecule has 0 fully saturated rings. The second kappa shape index (κ2) is 6.36. The molecule has 20 heavy (non-hydrogen) atoms. The third kappa shape index (κ3) is 3.25. The zero-order valence-corrected chi connectivity index (χ0v) is 11.5. The maximum atomic E-state index is 13.8. The van der Waals surface area contributed by atoms with Crippen LogP contribution >= 0.6 is 0 Å². The Balaban J connectivity index is 2.13. The van der Waals surface area contributed by atoms with Gasteiger partial charge in [0, 0.05) is 30.5 Å². The summed E-state index contributed by atoms with van der Waals surface area (Å²) in [5, 5.41) is 8.72. The standard InChI is InChI=1S/C16H18FN3/c1-2-3-16(19)14-6-7-20(11-14)10-13-5-4-12(9-18)8-15(13)17/h4-8,11,16H,2-3,10,19H2,1H3. The number of nitrogens with two attached hydrogens (primary N) is 1. The molecule has 3 nitrogen and oxygen atoms in total. The van der Waals surface area contributed by atoms with Crippen LogP contribution in [-0.2, 0) is 6.54 Å². The van der Waals surface area contributed by atoms with Crippen molar-refractivity contribution in [3.8, 4) is 6.07 Å². The molecule has 0 aliphatic heterocycles. The summed E-state index contributed by atoms with van der Waals surface area (Å²) in [7, 11) is 0. The highest BCUT2D eigenvalue weighted by Gasteiger charge is 2.08. The highest BCUT2D eigenvalue weighted by molar-refractivity contribution is 5.33. The highest BCUT2D eigenvalue weighted by Crippen LogP contribution is 2.18.